The fourth-order valence-corrected chi connectivity index (χ4v) is 4.14. The van der Waals surface area contributed by atoms with E-state index < -0.39 is 0 Å². The van der Waals surface area contributed by atoms with Crippen LogP contribution in [0.15, 0.2) is 30.3 Å². The number of rotatable bonds is 3. The van der Waals surface area contributed by atoms with Crippen LogP contribution in [0.2, 0.25) is 0 Å². The quantitative estimate of drug-likeness (QED) is 0.822. The molecule has 1 nitrogen and oxygen atoms in total. The number of fused-ring (bicyclic) bond motifs is 2. The molecule has 86 valence electrons. The third-order valence-corrected chi connectivity index (χ3v) is 4.87. The summed E-state index contributed by atoms with van der Waals surface area (Å²) >= 11 is 0. The summed E-state index contributed by atoms with van der Waals surface area (Å²) in [5.41, 5.74) is 7.94. The maximum atomic E-state index is 5.77. The molecule has 3 atom stereocenters. The lowest BCUT2D eigenvalue weighted by molar-refractivity contribution is 0.262. The van der Waals surface area contributed by atoms with Crippen molar-refractivity contribution in [2.45, 2.75) is 38.0 Å². The van der Waals surface area contributed by atoms with Crippen molar-refractivity contribution in [3.63, 3.8) is 0 Å². The molecular formula is C15H21N. The fourth-order valence-electron chi connectivity index (χ4n) is 4.14. The van der Waals surface area contributed by atoms with Crippen molar-refractivity contribution in [1.29, 1.82) is 0 Å². The van der Waals surface area contributed by atoms with Crippen LogP contribution in [0.1, 0.15) is 43.6 Å². The standard InChI is InChI=1S/C15H21N/c16-9-8-15-7-6-13(10-15)14(11-15)12-4-2-1-3-5-12/h1-5,13-14H,6-11,16H2. The minimum Gasteiger partial charge on any atom is -0.330 e. The van der Waals surface area contributed by atoms with Crippen LogP contribution in [0.5, 0.6) is 0 Å². The Labute approximate surface area is 98.0 Å². The van der Waals surface area contributed by atoms with Crippen molar-refractivity contribution in [2.75, 3.05) is 6.54 Å². The van der Waals surface area contributed by atoms with Gasteiger partial charge in [-0.05, 0) is 61.5 Å². The Morgan fingerprint density at radius 3 is 2.75 bits per heavy atom. The third kappa shape index (κ3) is 1.58. The molecule has 16 heavy (non-hydrogen) atoms. The van der Waals surface area contributed by atoms with E-state index in [9.17, 15) is 0 Å². The van der Waals surface area contributed by atoms with E-state index in [1.54, 1.807) is 5.56 Å². The predicted molar refractivity (Wildman–Crippen MR) is 67.2 cm³/mol. The molecule has 1 aromatic carbocycles. The first-order valence-electron chi connectivity index (χ1n) is 6.58. The molecule has 0 amide bonds. The second-order valence-electron chi connectivity index (χ2n) is 5.76. The molecule has 2 bridgehead atoms. The molecule has 0 saturated heterocycles. The molecule has 0 spiro atoms. The second kappa shape index (κ2) is 3.89. The first-order chi connectivity index (χ1) is 7.83. The SMILES string of the molecule is NCCC12CCC(C1)C(c1ccccc1)C2. The number of hydrogen-bond acceptors (Lipinski definition) is 1. The van der Waals surface area contributed by atoms with Crippen LogP contribution in [0.25, 0.3) is 0 Å². The van der Waals surface area contributed by atoms with Crippen molar-refractivity contribution < 1.29 is 0 Å². The molecule has 3 rings (SSSR count). The van der Waals surface area contributed by atoms with Gasteiger partial charge in [0.2, 0.25) is 0 Å². The highest BCUT2D eigenvalue weighted by Crippen LogP contribution is 2.61. The normalized spacial score (nSPS) is 36.8. The summed E-state index contributed by atoms with van der Waals surface area (Å²) in [6.07, 6.45) is 6.92. The summed E-state index contributed by atoms with van der Waals surface area (Å²) < 4.78 is 0. The summed E-state index contributed by atoms with van der Waals surface area (Å²) in [4.78, 5) is 0. The highest BCUT2D eigenvalue weighted by Gasteiger charge is 2.49. The average Bonchev–Trinajstić information content (AvgIpc) is 2.88. The molecule has 2 N–H and O–H groups in total. The summed E-state index contributed by atoms with van der Waals surface area (Å²) in [5, 5.41) is 0. The minimum atomic E-state index is 0.611. The molecule has 0 heterocycles. The molecule has 2 fully saturated rings. The van der Waals surface area contributed by atoms with Crippen molar-refractivity contribution in [1.82, 2.24) is 0 Å². The molecule has 1 heteroatoms. The Balaban J connectivity index is 1.81. The maximum absolute atomic E-state index is 5.77. The Bertz CT molecular complexity index is 359. The van der Waals surface area contributed by atoms with E-state index in [0.717, 1.165) is 18.4 Å². The second-order valence-corrected chi connectivity index (χ2v) is 5.76. The largest absolute Gasteiger partial charge is 0.330 e. The van der Waals surface area contributed by atoms with Crippen molar-refractivity contribution >= 4 is 0 Å². The van der Waals surface area contributed by atoms with Crippen LogP contribution in [0, 0.1) is 11.3 Å². The van der Waals surface area contributed by atoms with Gasteiger partial charge in [0, 0.05) is 0 Å². The molecule has 2 aliphatic carbocycles. The molecule has 2 saturated carbocycles. The van der Waals surface area contributed by atoms with E-state index in [0.29, 0.717) is 5.41 Å². The Morgan fingerprint density at radius 2 is 2.00 bits per heavy atom. The summed E-state index contributed by atoms with van der Waals surface area (Å²) in [6, 6.07) is 11.1. The van der Waals surface area contributed by atoms with Gasteiger partial charge in [-0.25, -0.2) is 0 Å². The van der Waals surface area contributed by atoms with Crippen LogP contribution >= 0.6 is 0 Å². The summed E-state index contributed by atoms with van der Waals surface area (Å²) in [6.45, 7) is 0.869. The topological polar surface area (TPSA) is 26.0 Å². The Kier molecular flexibility index (Phi) is 2.51. The van der Waals surface area contributed by atoms with Crippen molar-refractivity contribution in [2.24, 2.45) is 17.1 Å². The van der Waals surface area contributed by atoms with E-state index >= 15 is 0 Å². The van der Waals surface area contributed by atoms with Crippen molar-refractivity contribution in [3.8, 4) is 0 Å². The lowest BCUT2D eigenvalue weighted by Gasteiger charge is -2.30. The zero-order valence-corrected chi connectivity index (χ0v) is 9.86. The maximum Gasteiger partial charge on any atom is -0.00720 e. The fraction of sp³-hybridized carbons (Fsp3) is 0.600. The average molecular weight is 215 g/mol. The van der Waals surface area contributed by atoms with Gasteiger partial charge in [0.25, 0.3) is 0 Å². The number of nitrogens with two attached hydrogens (primary N) is 1. The van der Waals surface area contributed by atoms with Gasteiger partial charge < -0.3 is 5.73 Å². The molecule has 0 aromatic heterocycles. The molecule has 2 aliphatic rings. The molecule has 3 unspecified atom stereocenters. The molecule has 0 radical (unpaired) electrons. The van der Waals surface area contributed by atoms with Crippen LogP contribution in [-0.4, -0.2) is 6.54 Å². The van der Waals surface area contributed by atoms with Gasteiger partial charge in [0.1, 0.15) is 0 Å². The van der Waals surface area contributed by atoms with Crippen LogP contribution in [0.4, 0.5) is 0 Å². The lowest BCUT2D eigenvalue weighted by atomic mass is 9.76. The van der Waals surface area contributed by atoms with Gasteiger partial charge >= 0.3 is 0 Å². The summed E-state index contributed by atoms with van der Waals surface area (Å²) in [7, 11) is 0. The van der Waals surface area contributed by atoms with Crippen molar-refractivity contribution in [3.05, 3.63) is 35.9 Å². The minimum absolute atomic E-state index is 0.611. The van der Waals surface area contributed by atoms with E-state index in [4.69, 9.17) is 5.73 Å². The third-order valence-electron chi connectivity index (χ3n) is 4.87. The van der Waals surface area contributed by atoms with Gasteiger partial charge in [0.15, 0.2) is 0 Å². The smallest absolute Gasteiger partial charge is 0.00720 e. The number of benzene rings is 1. The predicted octanol–water partition coefficient (Wildman–Crippen LogP) is 3.31. The molecule has 0 aliphatic heterocycles. The van der Waals surface area contributed by atoms with E-state index in [-0.39, 0.29) is 0 Å². The number of hydrogen-bond donors (Lipinski definition) is 1. The first kappa shape index (κ1) is 10.3. The first-order valence-corrected chi connectivity index (χ1v) is 6.58. The van der Waals surface area contributed by atoms with Gasteiger partial charge in [0.05, 0.1) is 0 Å². The molecule has 1 aromatic rings. The Morgan fingerprint density at radius 1 is 1.19 bits per heavy atom. The van der Waals surface area contributed by atoms with Gasteiger partial charge in [-0.15, -0.1) is 0 Å². The monoisotopic (exact) mass is 215 g/mol. The van der Waals surface area contributed by atoms with Gasteiger partial charge in [-0.3, -0.25) is 0 Å². The zero-order valence-electron chi connectivity index (χ0n) is 9.86. The molecular weight excluding hydrogens is 194 g/mol. The lowest BCUT2D eigenvalue weighted by Crippen LogP contribution is -2.21. The summed E-state index contributed by atoms with van der Waals surface area (Å²) in [5.74, 6) is 1.76. The zero-order chi connectivity index (χ0) is 11.0. The Hall–Kier alpha value is -0.820. The van der Waals surface area contributed by atoms with Crippen LogP contribution in [-0.2, 0) is 0 Å². The van der Waals surface area contributed by atoms with Gasteiger partial charge in [-0.1, -0.05) is 30.3 Å². The van der Waals surface area contributed by atoms with E-state index in [1.165, 1.54) is 32.1 Å². The van der Waals surface area contributed by atoms with Crippen LogP contribution < -0.4 is 5.73 Å². The highest BCUT2D eigenvalue weighted by molar-refractivity contribution is 5.24. The highest BCUT2D eigenvalue weighted by atomic mass is 14.6. The van der Waals surface area contributed by atoms with Gasteiger partial charge in [-0.2, -0.15) is 0 Å². The van der Waals surface area contributed by atoms with E-state index in [2.05, 4.69) is 30.3 Å². The van der Waals surface area contributed by atoms with Crippen LogP contribution in [0.3, 0.4) is 0 Å². The van der Waals surface area contributed by atoms with E-state index in [1.807, 2.05) is 0 Å².